The van der Waals surface area contributed by atoms with Crippen LogP contribution in [-0.2, 0) is 0 Å². The molecule has 90 valence electrons. The van der Waals surface area contributed by atoms with E-state index in [1.54, 1.807) is 0 Å². The first-order valence-corrected chi connectivity index (χ1v) is 7.60. The van der Waals surface area contributed by atoms with E-state index in [1.807, 2.05) is 0 Å². The maximum Gasteiger partial charge on any atom is 0.00506 e. The highest BCUT2D eigenvalue weighted by atomic mass is 32.1. The molecule has 3 aliphatic carbocycles. The predicted molar refractivity (Wildman–Crippen MR) is 72.7 cm³/mol. The van der Waals surface area contributed by atoms with Gasteiger partial charge in [0.25, 0.3) is 0 Å². The fourth-order valence-electron chi connectivity index (χ4n) is 4.56. The Kier molecular flexibility index (Phi) is 3.08. The summed E-state index contributed by atoms with van der Waals surface area (Å²) in [4.78, 5) is 0. The highest BCUT2D eigenvalue weighted by Crippen LogP contribution is 2.56. The van der Waals surface area contributed by atoms with Crippen LogP contribution in [0.2, 0.25) is 0 Å². The lowest BCUT2D eigenvalue weighted by Crippen LogP contribution is -2.29. The minimum atomic E-state index is 0.727. The molecule has 0 spiro atoms. The van der Waals surface area contributed by atoms with Crippen molar-refractivity contribution >= 4 is 12.6 Å². The van der Waals surface area contributed by atoms with Crippen molar-refractivity contribution in [2.24, 2.45) is 29.6 Å². The fraction of sp³-hybridized carbons (Fsp3) is 0.867. The van der Waals surface area contributed by atoms with E-state index in [0.717, 1.165) is 34.8 Å². The largest absolute Gasteiger partial charge is 0.176 e. The molecular formula is C15H24S. The minimum absolute atomic E-state index is 0.727. The van der Waals surface area contributed by atoms with E-state index in [9.17, 15) is 0 Å². The number of hydrogen-bond donors (Lipinski definition) is 1. The SMILES string of the molecule is CC1C2CC(S)C(C2)C1CC1CC=CCC1. The van der Waals surface area contributed by atoms with Crippen molar-refractivity contribution in [1.29, 1.82) is 0 Å². The van der Waals surface area contributed by atoms with Gasteiger partial charge in [-0.05, 0) is 68.1 Å². The standard InChI is InChI=1S/C15H24S/c1-10-12-8-14(15(16)9-12)13(10)7-11-5-3-2-4-6-11/h2-3,10-16H,4-9H2,1H3. The van der Waals surface area contributed by atoms with Gasteiger partial charge in [-0.3, -0.25) is 0 Å². The van der Waals surface area contributed by atoms with Crippen molar-refractivity contribution in [3.05, 3.63) is 12.2 Å². The molecule has 3 rings (SSSR count). The average Bonchev–Trinajstić information content (AvgIpc) is 2.80. The van der Waals surface area contributed by atoms with Gasteiger partial charge in [0.05, 0.1) is 0 Å². The highest BCUT2D eigenvalue weighted by molar-refractivity contribution is 7.81. The Morgan fingerprint density at radius 2 is 2.12 bits per heavy atom. The van der Waals surface area contributed by atoms with Crippen molar-refractivity contribution in [3.8, 4) is 0 Å². The van der Waals surface area contributed by atoms with E-state index < -0.39 is 0 Å². The Hall–Kier alpha value is 0.0900. The number of hydrogen-bond acceptors (Lipinski definition) is 1. The molecule has 2 fully saturated rings. The maximum atomic E-state index is 4.80. The molecule has 0 aromatic carbocycles. The molecule has 0 radical (unpaired) electrons. The second-order valence-corrected chi connectivity index (χ2v) is 7.04. The molecule has 6 unspecified atom stereocenters. The van der Waals surface area contributed by atoms with Crippen LogP contribution in [0.1, 0.15) is 45.4 Å². The van der Waals surface area contributed by atoms with E-state index in [4.69, 9.17) is 12.6 Å². The summed E-state index contributed by atoms with van der Waals surface area (Å²) in [7, 11) is 0. The highest BCUT2D eigenvalue weighted by Gasteiger charge is 2.49. The van der Waals surface area contributed by atoms with Gasteiger partial charge in [-0.15, -0.1) is 0 Å². The van der Waals surface area contributed by atoms with E-state index in [-0.39, 0.29) is 0 Å². The first-order chi connectivity index (χ1) is 7.75. The van der Waals surface area contributed by atoms with E-state index >= 15 is 0 Å². The average molecular weight is 236 g/mol. The van der Waals surface area contributed by atoms with E-state index in [1.165, 1.54) is 38.5 Å². The maximum absolute atomic E-state index is 4.80. The molecule has 2 saturated carbocycles. The van der Waals surface area contributed by atoms with Crippen molar-refractivity contribution < 1.29 is 0 Å². The van der Waals surface area contributed by atoms with Crippen LogP contribution in [0.25, 0.3) is 0 Å². The van der Waals surface area contributed by atoms with E-state index in [2.05, 4.69) is 19.1 Å². The van der Waals surface area contributed by atoms with Crippen molar-refractivity contribution in [2.75, 3.05) is 0 Å². The summed E-state index contributed by atoms with van der Waals surface area (Å²) < 4.78 is 0. The Labute approximate surface area is 105 Å². The summed E-state index contributed by atoms with van der Waals surface area (Å²) in [6, 6.07) is 0. The first-order valence-electron chi connectivity index (χ1n) is 7.08. The van der Waals surface area contributed by atoms with Gasteiger partial charge < -0.3 is 0 Å². The van der Waals surface area contributed by atoms with Crippen LogP contribution in [-0.4, -0.2) is 5.25 Å². The quantitative estimate of drug-likeness (QED) is 0.535. The molecule has 0 aliphatic heterocycles. The third-order valence-electron chi connectivity index (χ3n) is 5.57. The van der Waals surface area contributed by atoms with Gasteiger partial charge in [-0.25, -0.2) is 0 Å². The second-order valence-electron chi connectivity index (χ2n) is 6.37. The molecule has 6 atom stereocenters. The lowest BCUT2D eigenvalue weighted by atomic mass is 9.73. The zero-order chi connectivity index (χ0) is 11.1. The molecule has 0 aromatic rings. The van der Waals surface area contributed by atoms with Crippen molar-refractivity contribution in [3.63, 3.8) is 0 Å². The fourth-order valence-corrected chi connectivity index (χ4v) is 5.18. The van der Waals surface area contributed by atoms with Gasteiger partial charge in [0, 0.05) is 5.25 Å². The third-order valence-corrected chi connectivity index (χ3v) is 6.16. The van der Waals surface area contributed by atoms with Crippen LogP contribution in [0.15, 0.2) is 12.2 Å². The van der Waals surface area contributed by atoms with E-state index in [0.29, 0.717) is 0 Å². The van der Waals surface area contributed by atoms with Gasteiger partial charge in [0.2, 0.25) is 0 Å². The van der Waals surface area contributed by atoms with Crippen molar-refractivity contribution in [1.82, 2.24) is 0 Å². The molecular weight excluding hydrogens is 212 g/mol. The normalized spacial score (nSPS) is 51.1. The zero-order valence-corrected chi connectivity index (χ0v) is 11.2. The van der Waals surface area contributed by atoms with Gasteiger partial charge >= 0.3 is 0 Å². The second kappa shape index (κ2) is 4.40. The summed E-state index contributed by atoms with van der Waals surface area (Å²) in [5.41, 5.74) is 0. The smallest absolute Gasteiger partial charge is 0.00506 e. The lowest BCUT2D eigenvalue weighted by molar-refractivity contribution is 0.196. The first kappa shape index (κ1) is 11.2. The van der Waals surface area contributed by atoms with Crippen LogP contribution in [0, 0.1) is 29.6 Å². The lowest BCUT2D eigenvalue weighted by Gasteiger charge is -2.34. The molecule has 0 N–H and O–H groups in total. The van der Waals surface area contributed by atoms with Crippen LogP contribution < -0.4 is 0 Å². The summed E-state index contributed by atoms with van der Waals surface area (Å²) in [6.07, 6.45) is 13.3. The van der Waals surface area contributed by atoms with Gasteiger partial charge in [0.15, 0.2) is 0 Å². The topological polar surface area (TPSA) is 0 Å². The number of fused-ring (bicyclic) bond motifs is 2. The molecule has 0 nitrogen and oxygen atoms in total. The van der Waals surface area contributed by atoms with Crippen LogP contribution >= 0.6 is 12.6 Å². The molecule has 0 aromatic heterocycles. The molecule has 1 heteroatoms. The van der Waals surface area contributed by atoms with Crippen molar-refractivity contribution in [2.45, 2.75) is 50.7 Å². The summed E-state index contributed by atoms with van der Waals surface area (Å²) in [5.74, 6) is 4.93. The predicted octanol–water partition coefficient (Wildman–Crippen LogP) is 4.32. The number of rotatable bonds is 2. The zero-order valence-electron chi connectivity index (χ0n) is 10.3. The molecule has 0 saturated heterocycles. The molecule has 16 heavy (non-hydrogen) atoms. The van der Waals surface area contributed by atoms with Gasteiger partial charge in [0.1, 0.15) is 0 Å². The Morgan fingerprint density at radius 3 is 2.81 bits per heavy atom. The Morgan fingerprint density at radius 1 is 1.25 bits per heavy atom. The number of thiol groups is 1. The molecule has 3 aliphatic rings. The summed E-state index contributed by atoms with van der Waals surface area (Å²) >= 11 is 4.80. The number of allylic oxidation sites excluding steroid dienone is 2. The molecule has 0 amide bonds. The van der Waals surface area contributed by atoms with Crippen LogP contribution in [0.3, 0.4) is 0 Å². The summed E-state index contributed by atoms with van der Waals surface area (Å²) in [6.45, 7) is 2.51. The van der Waals surface area contributed by atoms with Crippen LogP contribution in [0.5, 0.6) is 0 Å². The Balaban J connectivity index is 1.64. The minimum Gasteiger partial charge on any atom is -0.176 e. The molecule has 0 heterocycles. The Bertz CT molecular complexity index is 283. The van der Waals surface area contributed by atoms with Crippen LogP contribution in [0.4, 0.5) is 0 Å². The monoisotopic (exact) mass is 236 g/mol. The summed E-state index contributed by atoms with van der Waals surface area (Å²) in [5, 5.41) is 0.727. The molecule has 2 bridgehead atoms. The van der Waals surface area contributed by atoms with Gasteiger partial charge in [-0.1, -0.05) is 19.1 Å². The third kappa shape index (κ3) is 1.85. The van der Waals surface area contributed by atoms with Gasteiger partial charge in [-0.2, -0.15) is 12.6 Å².